The second kappa shape index (κ2) is 7.47. The summed E-state index contributed by atoms with van der Waals surface area (Å²) >= 11 is 2.86. The van der Waals surface area contributed by atoms with Crippen molar-refractivity contribution in [3.05, 3.63) is 59.2 Å². The molecule has 2 aromatic carbocycles. The predicted molar refractivity (Wildman–Crippen MR) is 105 cm³/mol. The quantitative estimate of drug-likeness (QED) is 0.499. The smallest absolute Gasteiger partial charge is 0.210 e. The molecule has 1 aliphatic rings. The van der Waals surface area contributed by atoms with Crippen molar-refractivity contribution in [2.45, 2.75) is 17.7 Å². The normalized spacial score (nSPS) is 12.5. The van der Waals surface area contributed by atoms with Gasteiger partial charge in [0.1, 0.15) is 5.75 Å². The van der Waals surface area contributed by atoms with E-state index in [0.717, 1.165) is 38.5 Å². The van der Waals surface area contributed by atoms with Gasteiger partial charge in [0.15, 0.2) is 10.1 Å². The molecular formula is C19H17N3O2S2. The Morgan fingerprint density at radius 1 is 1.23 bits per heavy atom. The molecule has 4 rings (SSSR count). The minimum atomic E-state index is 0.0907. The van der Waals surface area contributed by atoms with Gasteiger partial charge < -0.3 is 10.1 Å². The highest BCUT2D eigenvalue weighted by molar-refractivity contribution is 8.01. The van der Waals surface area contributed by atoms with Crippen LogP contribution in [0.1, 0.15) is 21.5 Å². The molecule has 5 nitrogen and oxygen atoms in total. The summed E-state index contributed by atoms with van der Waals surface area (Å²) < 4.78 is 6.26. The van der Waals surface area contributed by atoms with Gasteiger partial charge >= 0.3 is 0 Å². The van der Waals surface area contributed by atoms with Crippen molar-refractivity contribution in [2.24, 2.45) is 0 Å². The maximum atomic E-state index is 12.4. The molecule has 0 radical (unpaired) electrons. The number of benzene rings is 2. The number of rotatable bonds is 6. The van der Waals surface area contributed by atoms with Crippen LogP contribution in [0.25, 0.3) is 0 Å². The Labute approximate surface area is 159 Å². The Bertz CT molecular complexity index is 938. The summed E-state index contributed by atoms with van der Waals surface area (Å²) in [5.74, 6) is 1.33. The van der Waals surface area contributed by atoms with Gasteiger partial charge in [-0.05, 0) is 42.8 Å². The number of Topliss-reactive ketones (excluding diaryl/α,β-unsaturated/α-hetero) is 1. The van der Waals surface area contributed by atoms with Crippen LogP contribution in [-0.4, -0.2) is 28.3 Å². The Balaban J connectivity index is 1.35. The molecule has 1 aliphatic heterocycles. The van der Waals surface area contributed by atoms with Gasteiger partial charge in [-0.2, -0.15) is 0 Å². The van der Waals surface area contributed by atoms with Crippen molar-refractivity contribution in [3.8, 4) is 5.75 Å². The lowest BCUT2D eigenvalue weighted by molar-refractivity contribution is 0.102. The van der Waals surface area contributed by atoms with Crippen molar-refractivity contribution in [1.29, 1.82) is 0 Å². The zero-order valence-corrected chi connectivity index (χ0v) is 15.8. The zero-order chi connectivity index (χ0) is 17.9. The van der Waals surface area contributed by atoms with Crippen LogP contribution in [-0.2, 0) is 6.42 Å². The third-order valence-corrected chi connectivity index (χ3v) is 6.02. The van der Waals surface area contributed by atoms with E-state index in [2.05, 4.69) is 22.4 Å². The van der Waals surface area contributed by atoms with E-state index >= 15 is 0 Å². The molecule has 7 heteroatoms. The molecule has 0 saturated heterocycles. The van der Waals surface area contributed by atoms with Crippen LogP contribution >= 0.6 is 23.1 Å². The fourth-order valence-electron chi connectivity index (χ4n) is 2.65. The Morgan fingerprint density at radius 2 is 2.08 bits per heavy atom. The van der Waals surface area contributed by atoms with Crippen molar-refractivity contribution in [3.63, 3.8) is 0 Å². The van der Waals surface area contributed by atoms with Crippen LogP contribution in [0.2, 0.25) is 0 Å². The molecule has 132 valence electrons. The minimum Gasteiger partial charge on any atom is -0.493 e. The molecule has 1 aromatic heterocycles. The van der Waals surface area contributed by atoms with E-state index in [-0.39, 0.29) is 5.78 Å². The number of aryl methyl sites for hydroxylation is 1. The second-order valence-corrected chi connectivity index (χ2v) is 8.20. The Kier molecular flexibility index (Phi) is 4.90. The molecule has 0 aliphatic carbocycles. The molecule has 0 amide bonds. The summed E-state index contributed by atoms with van der Waals surface area (Å²) in [6.07, 6.45) is 0.869. The average Bonchev–Trinajstić information content (AvgIpc) is 3.30. The fraction of sp³-hybridized carbons (Fsp3) is 0.211. The van der Waals surface area contributed by atoms with E-state index in [0.29, 0.717) is 12.4 Å². The summed E-state index contributed by atoms with van der Waals surface area (Å²) in [5.41, 5.74) is 4.02. The molecule has 1 N–H and O–H groups in total. The first-order valence-corrected chi connectivity index (χ1v) is 10.1. The van der Waals surface area contributed by atoms with Crippen LogP contribution in [0.15, 0.2) is 46.8 Å². The van der Waals surface area contributed by atoms with Gasteiger partial charge in [-0.15, -0.1) is 10.2 Å². The van der Waals surface area contributed by atoms with Gasteiger partial charge in [-0.25, -0.2) is 0 Å². The number of carbonyl (C=O) groups is 1. The molecule has 26 heavy (non-hydrogen) atoms. The predicted octanol–water partition coefficient (Wildman–Crippen LogP) is 4.50. The zero-order valence-electron chi connectivity index (χ0n) is 14.2. The van der Waals surface area contributed by atoms with Gasteiger partial charge in [0.05, 0.1) is 12.4 Å². The first-order valence-electron chi connectivity index (χ1n) is 8.26. The molecule has 0 saturated carbocycles. The molecule has 2 heterocycles. The van der Waals surface area contributed by atoms with Gasteiger partial charge in [0.2, 0.25) is 5.13 Å². The Hall–Kier alpha value is -2.38. The summed E-state index contributed by atoms with van der Waals surface area (Å²) in [4.78, 5) is 12.4. The van der Waals surface area contributed by atoms with Crippen molar-refractivity contribution >= 4 is 39.7 Å². The lowest BCUT2D eigenvalue weighted by Crippen LogP contribution is -2.02. The number of ketones is 1. The minimum absolute atomic E-state index is 0.0907. The van der Waals surface area contributed by atoms with Crippen LogP contribution < -0.4 is 10.1 Å². The van der Waals surface area contributed by atoms with Crippen LogP contribution in [0.5, 0.6) is 5.75 Å². The van der Waals surface area contributed by atoms with E-state index in [9.17, 15) is 4.79 Å². The summed E-state index contributed by atoms with van der Waals surface area (Å²) in [6, 6.07) is 13.7. The average molecular weight is 383 g/mol. The number of anilines is 2. The highest BCUT2D eigenvalue weighted by Crippen LogP contribution is 2.30. The molecule has 0 unspecified atom stereocenters. The highest BCUT2D eigenvalue weighted by atomic mass is 32.2. The number of fused-ring (bicyclic) bond motifs is 1. The SMILES string of the molecule is Cc1ccc(Nc2nnc(SCC(=O)c3ccc4c(c3)CCO4)s2)cc1. The third-order valence-electron chi connectivity index (χ3n) is 4.05. The highest BCUT2D eigenvalue weighted by Gasteiger charge is 2.16. The van der Waals surface area contributed by atoms with Crippen LogP contribution in [0, 0.1) is 6.92 Å². The number of nitrogens with zero attached hydrogens (tertiary/aromatic N) is 2. The number of hydrogen-bond donors (Lipinski definition) is 1. The molecular weight excluding hydrogens is 366 g/mol. The number of thioether (sulfide) groups is 1. The van der Waals surface area contributed by atoms with Crippen molar-refractivity contribution in [1.82, 2.24) is 10.2 Å². The van der Waals surface area contributed by atoms with E-state index in [1.54, 1.807) is 0 Å². The van der Waals surface area contributed by atoms with Crippen molar-refractivity contribution in [2.75, 3.05) is 17.7 Å². The maximum absolute atomic E-state index is 12.4. The third kappa shape index (κ3) is 3.89. The molecule has 0 bridgehead atoms. The van der Waals surface area contributed by atoms with E-state index in [4.69, 9.17) is 4.74 Å². The number of ether oxygens (including phenoxy) is 1. The first-order chi connectivity index (χ1) is 12.7. The monoisotopic (exact) mass is 383 g/mol. The second-order valence-electron chi connectivity index (χ2n) is 6.00. The molecule has 0 spiro atoms. The molecule has 0 fully saturated rings. The number of aromatic nitrogens is 2. The largest absolute Gasteiger partial charge is 0.493 e. The standard InChI is InChI=1S/C19H17N3O2S2/c1-12-2-5-15(6-3-12)20-18-21-22-19(26-18)25-11-16(23)13-4-7-17-14(10-13)8-9-24-17/h2-7,10H,8-9,11H2,1H3,(H,20,21). The number of carbonyl (C=O) groups excluding carboxylic acids is 1. The van der Waals surface area contributed by atoms with Crippen LogP contribution in [0.3, 0.4) is 0 Å². The molecule has 0 atom stereocenters. The van der Waals surface area contributed by atoms with Gasteiger partial charge in [-0.3, -0.25) is 4.79 Å². The molecule has 3 aromatic rings. The van der Waals surface area contributed by atoms with E-state index in [1.807, 2.05) is 42.5 Å². The lowest BCUT2D eigenvalue weighted by atomic mass is 10.1. The summed E-state index contributed by atoms with van der Waals surface area (Å²) in [6.45, 7) is 2.75. The summed E-state index contributed by atoms with van der Waals surface area (Å²) in [7, 11) is 0. The van der Waals surface area contributed by atoms with E-state index < -0.39 is 0 Å². The first kappa shape index (κ1) is 17.1. The number of hydrogen-bond acceptors (Lipinski definition) is 7. The lowest BCUT2D eigenvalue weighted by Gasteiger charge is -2.03. The van der Waals surface area contributed by atoms with Gasteiger partial charge in [-0.1, -0.05) is 40.8 Å². The number of nitrogens with one attached hydrogen (secondary N) is 1. The fourth-order valence-corrected chi connectivity index (χ4v) is 4.32. The van der Waals surface area contributed by atoms with Gasteiger partial charge in [0.25, 0.3) is 0 Å². The van der Waals surface area contributed by atoms with Crippen LogP contribution in [0.4, 0.5) is 10.8 Å². The van der Waals surface area contributed by atoms with Crippen molar-refractivity contribution < 1.29 is 9.53 Å². The maximum Gasteiger partial charge on any atom is 0.210 e. The van der Waals surface area contributed by atoms with Gasteiger partial charge in [0, 0.05) is 17.7 Å². The summed E-state index contributed by atoms with van der Waals surface area (Å²) in [5, 5.41) is 12.2. The topological polar surface area (TPSA) is 64.1 Å². The Morgan fingerprint density at radius 3 is 2.92 bits per heavy atom. The van der Waals surface area contributed by atoms with E-state index in [1.165, 1.54) is 28.7 Å².